The summed E-state index contributed by atoms with van der Waals surface area (Å²) in [5.74, 6) is -0.293. The Morgan fingerprint density at radius 3 is 2.38 bits per heavy atom. The number of hydrogen-bond acceptors (Lipinski definition) is 5. The van der Waals surface area contributed by atoms with Crippen molar-refractivity contribution in [3.8, 4) is 0 Å². The third-order valence-electron chi connectivity index (χ3n) is 4.32. The monoisotopic (exact) mass is 411 g/mol. The summed E-state index contributed by atoms with van der Waals surface area (Å²) in [6, 6.07) is 15.9. The fourth-order valence-electron chi connectivity index (χ4n) is 2.78. The molecule has 0 saturated carbocycles. The van der Waals surface area contributed by atoms with Crippen LogP contribution < -0.4 is 10.6 Å². The Balaban J connectivity index is 1.38. The third kappa shape index (κ3) is 5.92. The number of carbonyl (C=O) groups is 4. The number of amides is 4. The first kappa shape index (κ1) is 20.6. The Morgan fingerprint density at radius 1 is 1.00 bits per heavy atom. The van der Waals surface area contributed by atoms with Crippen molar-refractivity contribution in [1.29, 1.82) is 0 Å². The highest BCUT2D eigenvalue weighted by Crippen LogP contribution is 2.21. The minimum Gasteiger partial charge on any atom is -0.352 e. The zero-order chi connectivity index (χ0) is 20.6. The van der Waals surface area contributed by atoms with E-state index in [0.29, 0.717) is 24.2 Å². The second-order valence-corrected chi connectivity index (χ2v) is 7.43. The highest BCUT2D eigenvalue weighted by molar-refractivity contribution is 8.14. The fourth-order valence-corrected chi connectivity index (χ4v) is 3.50. The summed E-state index contributed by atoms with van der Waals surface area (Å²) < 4.78 is 0. The lowest BCUT2D eigenvalue weighted by Gasteiger charge is -2.13. The molecule has 4 amide bonds. The third-order valence-corrected chi connectivity index (χ3v) is 5.18. The minimum absolute atomic E-state index is 0.145. The molecule has 0 aliphatic carbocycles. The molecule has 0 spiro atoms. The predicted molar refractivity (Wildman–Crippen MR) is 111 cm³/mol. The van der Waals surface area contributed by atoms with Gasteiger partial charge in [0.25, 0.3) is 11.1 Å². The Labute approximate surface area is 172 Å². The zero-order valence-corrected chi connectivity index (χ0v) is 16.5. The standard InChI is InChI=1S/C21H21N3O4S/c25-18(7-4-12-22-20(27)16-5-2-1-3-6-16)23-17-10-8-15(9-11-17)13-24-19(26)14-29-21(24)28/h1-3,5-6,8-11H,4,7,12-14H2,(H,22,27)(H,23,25). The smallest absolute Gasteiger partial charge is 0.289 e. The summed E-state index contributed by atoms with van der Waals surface area (Å²) in [6.07, 6.45) is 0.810. The van der Waals surface area contributed by atoms with Gasteiger partial charge in [-0.3, -0.25) is 24.1 Å². The van der Waals surface area contributed by atoms with Gasteiger partial charge >= 0.3 is 0 Å². The Bertz CT molecular complexity index is 884. The molecule has 1 aliphatic heterocycles. The Morgan fingerprint density at radius 2 is 1.72 bits per heavy atom. The SMILES string of the molecule is O=C(CCCNC(=O)c1ccccc1)Nc1ccc(CN2C(=O)CSC2=O)cc1. The van der Waals surface area contributed by atoms with E-state index in [0.717, 1.165) is 17.3 Å². The zero-order valence-electron chi connectivity index (χ0n) is 15.7. The number of hydrogen-bond donors (Lipinski definition) is 2. The summed E-state index contributed by atoms with van der Waals surface area (Å²) >= 11 is 1.01. The van der Waals surface area contributed by atoms with Crippen LogP contribution in [0.4, 0.5) is 10.5 Å². The number of rotatable bonds is 8. The van der Waals surface area contributed by atoms with Crippen LogP contribution in [-0.2, 0) is 16.1 Å². The average molecular weight is 411 g/mol. The van der Waals surface area contributed by atoms with Gasteiger partial charge in [-0.1, -0.05) is 42.1 Å². The van der Waals surface area contributed by atoms with Gasteiger partial charge < -0.3 is 10.6 Å². The molecule has 8 heteroatoms. The highest BCUT2D eigenvalue weighted by Gasteiger charge is 2.29. The number of nitrogens with one attached hydrogen (secondary N) is 2. The van der Waals surface area contributed by atoms with Crippen molar-refractivity contribution >= 4 is 40.4 Å². The van der Waals surface area contributed by atoms with E-state index >= 15 is 0 Å². The average Bonchev–Trinajstić information content (AvgIpc) is 3.05. The largest absolute Gasteiger partial charge is 0.352 e. The lowest BCUT2D eigenvalue weighted by atomic mass is 10.2. The molecule has 0 bridgehead atoms. The number of nitrogens with zero attached hydrogens (tertiary/aromatic N) is 1. The lowest BCUT2D eigenvalue weighted by molar-refractivity contribution is -0.125. The van der Waals surface area contributed by atoms with Gasteiger partial charge in [0.1, 0.15) is 0 Å². The van der Waals surface area contributed by atoms with Crippen LogP contribution in [0.5, 0.6) is 0 Å². The van der Waals surface area contributed by atoms with E-state index in [1.165, 1.54) is 4.90 Å². The molecule has 0 atom stereocenters. The normalized spacial score (nSPS) is 13.4. The van der Waals surface area contributed by atoms with Crippen molar-refractivity contribution in [2.45, 2.75) is 19.4 Å². The maximum absolute atomic E-state index is 12.1. The van der Waals surface area contributed by atoms with Gasteiger partial charge in [-0.2, -0.15) is 0 Å². The number of carbonyl (C=O) groups excluding carboxylic acids is 4. The van der Waals surface area contributed by atoms with Gasteiger partial charge in [0, 0.05) is 24.2 Å². The summed E-state index contributed by atoms with van der Waals surface area (Å²) in [4.78, 5) is 48.5. The number of benzene rings is 2. The molecule has 7 nitrogen and oxygen atoms in total. The van der Waals surface area contributed by atoms with Crippen LogP contribution >= 0.6 is 11.8 Å². The van der Waals surface area contributed by atoms with E-state index in [-0.39, 0.29) is 41.7 Å². The molecule has 0 radical (unpaired) electrons. The van der Waals surface area contributed by atoms with E-state index in [9.17, 15) is 19.2 Å². The van der Waals surface area contributed by atoms with Crippen LogP contribution in [0.2, 0.25) is 0 Å². The van der Waals surface area contributed by atoms with Crippen molar-refractivity contribution in [2.24, 2.45) is 0 Å². The number of imide groups is 1. The van der Waals surface area contributed by atoms with Crippen LogP contribution in [0.1, 0.15) is 28.8 Å². The van der Waals surface area contributed by atoms with Crippen LogP contribution in [-0.4, -0.2) is 40.2 Å². The molecule has 1 fully saturated rings. The number of thioether (sulfide) groups is 1. The van der Waals surface area contributed by atoms with Crippen LogP contribution in [0.15, 0.2) is 54.6 Å². The molecule has 2 N–H and O–H groups in total. The molecular formula is C21H21N3O4S. The quantitative estimate of drug-likeness (QED) is 0.651. The van der Waals surface area contributed by atoms with Gasteiger partial charge in [0.15, 0.2) is 0 Å². The van der Waals surface area contributed by atoms with Crippen molar-refractivity contribution < 1.29 is 19.2 Å². The summed E-state index contributed by atoms with van der Waals surface area (Å²) in [6.45, 7) is 0.649. The summed E-state index contributed by atoms with van der Waals surface area (Å²) in [5.41, 5.74) is 2.05. The lowest BCUT2D eigenvalue weighted by Crippen LogP contribution is -2.27. The molecule has 3 rings (SSSR count). The van der Waals surface area contributed by atoms with Gasteiger partial charge in [0.05, 0.1) is 12.3 Å². The molecule has 1 heterocycles. The molecule has 0 unspecified atom stereocenters. The fraction of sp³-hybridized carbons (Fsp3) is 0.238. The number of anilines is 1. The maximum Gasteiger partial charge on any atom is 0.289 e. The molecule has 1 aliphatic rings. The van der Waals surface area contributed by atoms with E-state index in [2.05, 4.69) is 10.6 Å². The molecule has 0 aromatic heterocycles. The molecule has 2 aromatic rings. The van der Waals surface area contributed by atoms with Crippen LogP contribution in [0.25, 0.3) is 0 Å². The van der Waals surface area contributed by atoms with Gasteiger partial charge in [-0.25, -0.2) is 0 Å². The van der Waals surface area contributed by atoms with E-state index in [1.54, 1.807) is 48.5 Å². The van der Waals surface area contributed by atoms with E-state index in [4.69, 9.17) is 0 Å². The van der Waals surface area contributed by atoms with Gasteiger partial charge in [-0.15, -0.1) is 0 Å². The maximum atomic E-state index is 12.1. The molecule has 29 heavy (non-hydrogen) atoms. The first-order valence-corrected chi connectivity index (χ1v) is 10.2. The predicted octanol–water partition coefficient (Wildman–Crippen LogP) is 3.03. The second-order valence-electron chi connectivity index (χ2n) is 6.51. The van der Waals surface area contributed by atoms with Crippen molar-refractivity contribution in [3.63, 3.8) is 0 Å². The molecule has 2 aromatic carbocycles. The molecule has 1 saturated heterocycles. The second kappa shape index (κ2) is 9.88. The van der Waals surface area contributed by atoms with Gasteiger partial charge in [0.2, 0.25) is 11.8 Å². The summed E-state index contributed by atoms with van der Waals surface area (Å²) in [5, 5.41) is 5.35. The topological polar surface area (TPSA) is 95.6 Å². The first-order valence-electron chi connectivity index (χ1n) is 9.22. The van der Waals surface area contributed by atoms with Gasteiger partial charge in [-0.05, 0) is 36.2 Å². The molecular weight excluding hydrogens is 390 g/mol. The van der Waals surface area contributed by atoms with E-state index in [1.807, 2.05) is 6.07 Å². The van der Waals surface area contributed by atoms with Crippen molar-refractivity contribution in [2.75, 3.05) is 17.6 Å². The van der Waals surface area contributed by atoms with Crippen LogP contribution in [0, 0.1) is 0 Å². The molecule has 150 valence electrons. The van der Waals surface area contributed by atoms with Crippen LogP contribution in [0.3, 0.4) is 0 Å². The Hall–Kier alpha value is -3.13. The van der Waals surface area contributed by atoms with Crippen molar-refractivity contribution in [3.05, 3.63) is 65.7 Å². The van der Waals surface area contributed by atoms with Crippen molar-refractivity contribution in [1.82, 2.24) is 10.2 Å². The van der Waals surface area contributed by atoms with E-state index < -0.39 is 0 Å². The minimum atomic E-state index is -0.230. The summed E-state index contributed by atoms with van der Waals surface area (Å²) in [7, 11) is 0. The first-order chi connectivity index (χ1) is 14.0. The highest BCUT2D eigenvalue weighted by atomic mass is 32.2. The Kier molecular flexibility index (Phi) is 7.02.